The summed E-state index contributed by atoms with van der Waals surface area (Å²) in [6.07, 6.45) is 6.09. The molecule has 1 aliphatic heterocycles. The van der Waals surface area contributed by atoms with Crippen LogP contribution in [0, 0.1) is 5.92 Å². The number of aromatic nitrogens is 1. The van der Waals surface area contributed by atoms with E-state index in [0.717, 1.165) is 66.6 Å². The number of para-hydroxylation sites is 1. The number of fused-ring (bicyclic) bond motifs is 1. The molecule has 1 amide bonds. The molecule has 2 aromatic carbocycles. The largest absolute Gasteiger partial charge is 0.490 e. The molecular weight excluding hydrogens is 384 g/mol. The molecule has 1 aliphatic carbocycles. The molecule has 0 radical (unpaired) electrons. The smallest absolute Gasteiger partial charge is 0.225 e. The van der Waals surface area contributed by atoms with Gasteiger partial charge in [0.15, 0.2) is 0 Å². The van der Waals surface area contributed by atoms with E-state index >= 15 is 0 Å². The topological polar surface area (TPSA) is 42.4 Å². The number of hydrogen-bond acceptors (Lipinski definition) is 3. The fraction of sp³-hybridized carbons (Fsp3) is 0.333. The van der Waals surface area contributed by atoms with Crippen molar-refractivity contribution in [1.29, 1.82) is 0 Å². The van der Waals surface area contributed by atoms with E-state index < -0.39 is 0 Å². The van der Waals surface area contributed by atoms with E-state index in [-0.39, 0.29) is 18.5 Å². The van der Waals surface area contributed by atoms with E-state index in [0.29, 0.717) is 11.8 Å². The van der Waals surface area contributed by atoms with Crippen molar-refractivity contribution in [3.8, 4) is 16.9 Å². The Balaban J connectivity index is 0.00000205. The molecule has 150 valence electrons. The van der Waals surface area contributed by atoms with Crippen molar-refractivity contribution in [3.05, 3.63) is 60.8 Å². The van der Waals surface area contributed by atoms with Gasteiger partial charge in [-0.3, -0.25) is 9.78 Å². The lowest BCUT2D eigenvalue weighted by atomic mass is 10.0. The summed E-state index contributed by atoms with van der Waals surface area (Å²) >= 11 is 0. The minimum Gasteiger partial charge on any atom is -0.490 e. The van der Waals surface area contributed by atoms with Crippen molar-refractivity contribution in [1.82, 2.24) is 9.88 Å². The van der Waals surface area contributed by atoms with E-state index in [9.17, 15) is 4.79 Å². The molecule has 0 atom stereocenters. The SMILES string of the molecule is Cl.O=C(C1CC1)N1CCC(Oc2ccc(-c3cnc4ccccc4c3)cc2)CC1. The number of benzene rings is 2. The summed E-state index contributed by atoms with van der Waals surface area (Å²) in [6.45, 7) is 1.64. The van der Waals surface area contributed by atoms with Gasteiger partial charge in [-0.2, -0.15) is 0 Å². The van der Waals surface area contributed by atoms with E-state index in [1.54, 1.807) is 0 Å². The predicted molar refractivity (Wildman–Crippen MR) is 117 cm³/mol. The van der Waals surface area contributed by atoms with Gasteiger partial charge in [0, 0.05) is 49.0 Å². The average molecular weight is 409 g/mol. The van der Waals surface area contributed by atoms with Crippen LogP contribution < -0.4 is 4.74 Å². The number of likely N-dealkylation sites (tertiary alicyclic amines) is 1. The first-order valence-corrected chi connectivity index (χ1v) is 10.2. The molecule has 0 unspecified atom stereocenters. The number of ether oxygens (including phenoxy) is 1. The number of piperidine rings is 1. The highest BCUT2D eigenvalue weighted by molar-refractivity contribution is 5.85. The predicted octanol–water partition coefficient (Wildman–Crippen LogP) is 5.10. The van der Waals surface area contributed by atoms with Crippen LogP contribution in [0.1, 0.15) is 25.7 Å². The second-order valence-electron chi connectivity index (χ2n) is 7.86. The van der Waals surface area contributed by atoms with Crippen LogP contribution in [0.4, 0.5) is 0 Å². The lowest BCUT2D eigenvalue weighted by molar-refractivity contribution is -0.134. The fourth-order valence-corrected chi connectivity index (χ4v) is 3.93. The summed E-state index contributed by atoms with van der Waals surface area (Å²) in [4.78, 5) is 18.7. The van der Waals surface area contributed by atoms with Crippen molar-refractivity contribution in [2.45, 2.75) is 31.8 Å². The van der Waals surface area contributed by atoms with Crippen molar-refractivity contribution >= 4 is 29.2 Å². The first-order valence-electron chi connectivity index (χ1n) is 10.2. The van der Waals surface area contributed by atoms with Crippen molar-refractivity contribution in [2.24, 2.45) is 5.92 Å². The van der Waals surface area contributed by atoms with Gasteiger partial charge in [-0.15, -0.1) is 12.4 Å². The van der Waals surface area contributed by atoms with E-state index in [2.05, 4.69) is 29.2 Å². The van der Waals surface area contributed by atoms with E-state index in [1.165, 1.54) is 0 Å². The first-order chi connectivity index (χ1) is 13.8. The van der Waals surface area contributed by atoms with Gasteiger partial charge in [-0.1, -0.05) is 30.3 Å². The van der Waals surface area contributed by atoms with Gasteiger partial charge in [0.05, 0.1) is 5.52 Å². The molecule has 1 saturated heterocycles. The number of hydrogen-bond donors (Lipinski definition) is 0. The summed E-state index contributed by atoms with van der Waals surface area (Å²) in [7, 11) is 0. The van der Waals surface area contributed by atoms with Crippen LogP contribution in [0.25, 0.3) is 22.0 Å². The Bertz CT molecular complexity index is 993. The van der Waals surface area contributed by atoms with Gasteiger partial charge >= 0.3 is 0 Å². The molecule has 29 heavy (non-hydrogen) atoms. The van der Waals surface area contributed by atoms with Gasteiger partial charge in [0.1, 0.15) is 11.9 Å². The van der Waals surface area contributed by atoms with Crippen LogP contribution in [-0.4, -0.2) is 35.0 Å². The molecule has 2 fully saturated rings. The summed E-state index contributed by atoms with van der Waals surface area (Å²) in [5.74, 6) is 1.56. The maximum Gasteiger partial charge on any atom is 0.225 e. The molecule has 5 rings (SSSR count). The van der Waals surface area contributed by atoms with Crippen molar-refractivity contribution in [3.63, 3.8) is 0 Å². The Morgan fingerprint density at radius 1 is 0.931 bits per heavy atom. The highest BCUT2D eigenvalue weighted by Gasteiger charge is 2.35. The third-order valence-corrected chi connectivity index (χ3v) is 5.76. The number of nitrogens with zero attached hydrogens (tertiary/aromatic N) is 2. The molecule has 0 N–H and O–H groups in total. The van der Waals surface area contributed by atoms with Crippen molar-refractivity contribution in [2.75, 3.05) is 13.1 Å². The maximum atomic E-state index is 12.2. The highest BCUT2D eigenvalue weighted by atomic mass is 35.5. The number of amides is 1. The highest BCUT2D eigenvalue weighted by Crippen LogP contribution is 2.32. The Morgan fingerprint density at radius 3 is 2.38 bits per heavy atom. The summed E-state index contributed by atoms with van der Waals surface area (Å²) < 4.78 is 6.17. The van der Waals surface area contributed by atoms with Crippen LogP contribution in [0.5, 0.6) is 5.75 Å². The van der Waals surface area contributed by atoms with E-state index in [4.69, 9.17) is 4.74 Å². The fourth-order valence-electron chi connectivity index (χ4n) is 3.93. The zero-order chi connectivity index (χ0) is 18.9. The Labute approximate surface area is 177 Å². The molecule has 0 spiro atoms. The number of halogens is 1. The van der Waals surface area contributed by atoms with E-state index in [1.807, 2.05) is 41.4 Å². The molecule has 1 aromatic heterocycles. The molecule has 3 aromatic rings. The minimum atomic E-state index is 0. The number of carbonyl (C=O) groups is 1. The van der Waals surface area contributed by atoms with Crippen LogP contribution >= 0.6 is 12.4 Å². The average Bonchev–Trinajstić information content (AvgIpc) is 3.59. The third-order valence-electron chi connectivity index (χ3n) is 5.76. The normalized spacial score (nSPS) is 17.0. The Morgan fingerprint density at radius 2 is 1.66 bits per heavy atom. The molecule has 1 saturated carbocycles. The second-order valence-corrected chi connectivity index (χ2v) is 7.86. The van der Waals surface area contributed by atoms with Gasteiger partial charge in [-0.25, -0.2) is 0 Å². The standard InChI is InChI=1S/C24H24N2O2.ClH/c27-24(18-5-6-18)26-13-11-22(12-14-26)28-21-9-7-17(8-10-21)20-15-19-3-1-2-4-23(19)25-16-20;/h1-4,7-10,15-16,18,22H,5-6,11-14H2;1H. The number of rotatable bonds is 4. The molecule has 0 bridgehead atoms. The van der Waals surface area contributed by atoms with Gasteiger partial charge in [0.2, 0.25) is 5.91 Å². The van der Waals surface area contributed by atoms with Crippen LogP contribution in [0.3, 0.4) is 0 Å². The Hall–Kier alpha value is -2.59. The maximum absolute atomic E-state index is 12.2. The minimum absolute atomic E-state index is 0. The second kappa shape index (κ2) is 8.42. The van der Waals surface area contributed by atoms with Crippen LogP contribution in [-0.2, 0) is 4.79 Å². The van der Waals surface area contributed by atoms with Crippen LogP contribution in [0.2, 0.25) is 0 Å². The summed E-state index contributed by atoms with van der Waals surface area (Å²) in [6, 6.07) is 18.6. The monoisotopic (exact) mass is 408 g/mol. The molecular formula is C24H25ClN2O2. The molecule has 2 aliphatic rings. The molecule has 4 nitrogen and oxygen atoms in total. The molecule has 2 heterocycles. The number of pyridine rings is 1. The zero-order valence-electron chi connectivity index (χ0n) is 16.3. The van der Waals surface area contributed by atoms with Crippen LogP contribution in [0.15, 0.2) is 60.8 Å². The third kappa shape index (κ3) is 4.38. The molecule has 5 heteroatoms. The van der Waals surface area contributed by atoms with Gasteiger partial charge in [0.25, 0.3) is 0 Å². The zero-order valence-corrected chi connectivity index (χ0v) is 17.1. The number of carbonyl (C=O) groups excluding carboxylic acids is 1. The lowest BCUT2D eigenvalue weighted by Gasteiger charge is -2.32. The first kappa shape index (κ1) is 19.7. The van der Waals surface area contributed by atoms with Crippen molar-refractivity contribution < 1.29 is 9.53 Å². The summed E-state index contributed by atoms with van der Waals surface area (Å²) in [5, 5.41) is 1.15. The van der Waals surface area contributed by atoms with Gasteiger partial charge < -0.3 is 9.64 Å². The lowest BCUT2D eigenvalue weighted by Crippen LogP contribution is -2.42. The Kier molecular flexibility index (Phi) is 5.72. The quantitative estimate of drug-likeness (QED) is 0.602. The summed E-state index contributed by atoms with van der Waals surface area (Å²) in [5.41, 5.74) is 3.25. The van der Waals surface area contributed by atoms with Gasteiger partial charge in [-0.05, 0) is 42.7 Å².